The Hall–Kier alpha value is -1.12. The number of ether oxygens (including phenoxy) is 1. The summed E-state index contributed by atoms with van der Waals surface area (Å²) >= 11 is 0. The van der Waals surface area contributed by atoms with Gasteiger partial charge in [-0.1, -0.05) is 46.6 Å². The lowest BCUT2D eigenvalue weighted by Crippen LogP contribution is -2.32. The van der Waals surface area contributed by atoms with E-state index in [9.17, 15) is 9.59 Å². The van der Waals surface area contributed by atoms with E-state index in [4.69, 9.17) is 4.74 Å². The van der Waals surface area contributed by atoms with Crippen LogP contribution in [0.15, 0.2) is 11.6 Å². The van der Waals surface area contributed by atoms with Crippen molar-refractivity contribution in [1.29, 1.82) is 0 Å². The number of rotatable bonds is 6. The third-order valence-corrected chi connectivity index (χ3v) is 6.20. The zero-order valence-electron chi connectivity index (χ0n) is 14.7. The van der Waals surface area contributed by atoms with Crippen molar-refractivity contribution in [1.82, 2.24) is 0 Å². The van der Waals surface area contributed by atoms with Gasteiger partial charge in [0, 0.05) is 5.41 Å². The molecule has 0 aromatic carbocycles. The summed E-state index contributed by atoms with van der Waals surface area (Å²) < 4.78 is 5.21. The van der Waals surface area contributed by atoms with Crippen LogP contribution >= 0.6 is 0 Å². The molecule has 124 valence electrons. The number of hydrogen-bond donors (Lipinski definition) is 0. The van der Waals surface area contributed by atoms with Gasteiger partial charge in [-0.05, 0) is 43.1 Å². The van der Waals surface area contributed by atoms with Gasteiger partial charge in [0.15, 0.2) is 5.78 Å². The molecule has 3 heteroatoms. The number of fused-ring (bicyclic) bond motifs is 2. The van der Waals surface area contributed by atoms with Crippen molar-refractivity contribution in [3.63, 3.8) is 0 Å². The first-order valence-corrected chi connectivity index (χ1v) is 8.72. The van der Waals surface area contributed by atoms with Gasteiger partial charge in [0.1, 0.15) is 0 Å². The van der Waals surface area contributed by atoms with Crippen LogP contribution in [0.1, 0.15) is 66.7 Å². The fraction of sp³-hybridized carbons (Fsp3) is 0.789. The third kappa shape index (κ3) is 2.53. The summed E-state index contributed by atoms with van der Waals surface area (Å²) in [5.41, 5.74) is 0.640. The average Bonchev–Trinajstić information content (AvgIpc) is 2.77. The molecule has 0 saturated heterocycles. The molecule has 3 nitrogen and oxygen atoms in total. The van der Waals surface area contributed by atoms with E-state index in [0.29, 0.717) is 12.5 Å². The van der Waals surface area contributed by atoms with Crippen molar-refractivity contribution < 1.29 is 14.3 Å². The number of Topliss-reactive ketones (excluding diaryl/α,β-unsaturated/α-hetero) is 1. The van der Waals surface area contributed by atoms with Gasteiger partial charge in [-0.25, -0.2) is 0 Å². The summed E-state index contributed by atoms with van der Waals surface area (Å²) in [6.45, 7) is 10.8. The molecule has 0 spiro atoms. The maximum absolute atomic E-state index is 12.9. The summed E-state index contributed by atoms with van der Waals surface area (Å²) in [7, 11) is 0. The Morgan fingerprint density at radius 2 is 2.05 bits per heavy atom. The molecule has 3 atom stereocenters. The van der Waals surface area contributed by atoms with Gasteiger partial charge in [-0.2, -0.15) is 0 Å². The maximum Gasteiger partial charge on any atom is 0.312 e. The Kier molecular flexibility index (Phi) is 4.84. The summed E-state index contributed by atoms with van der Waals surface area (Å²) in [4.78, 5) is 25.1. The Balaban J connectivity index is 2.29. The normalized spacial score (nSPS) is 32.5. The highest BCUT2D eigenvalue weighted by molar-refractivity contribution is 6.05. The molecule has 0 aromatic heterocycles. The fourth-order valence-electron chi connectivity index (χ4n) is 4.28. The second-order valence-electron chi connectivity index (χ2n) is 7.60. The first-order valence-electron chi connectivity index (χ1n) is 8.72. The SMILES string of the molecule is CCCC[C@H](/C=C1/C(=O)[C@]2(C)CC[C@H]1C2(C)C)C(=O)OCC. The largest absolute Gasteiger partial charge is 0.466 e. The summed E-state index contributed by atoms with van der Waals surface area (Å²) in [6, 6.07) is 0. The summed E-state index contributed by atoms with van der Waals surface area (Å²) in [6.07, 6.45) is 6.78. The van der Waals surface area contributed by atoms with Crippen molar-refractivity contribution in [2.45, 2.75) is 66.7 Å². The van der Waals surface area contributed by atoms with Gasteiger partial charge >= 0.3 is 5.97 Å². The molecule has 2 aliphatic rings. The van der Waals surface area contributed by atoms with Crippen molar-refractivity contribution in [3.8, 4) is 0 Å². The minimum Gasteiger partial charge on any atom is -0.466 e. The van der Waals surface area contributed by atoms with Gasteiger partial charge in [0.25, 0.3) is 0 Å². The fourth-order valence-corrected chi connectivity index (χ4v) is 4.28. The standard InChI is InChI=1S/C19H30O3/c1-6-8-9-13(17(21)22-7-2)12-14-15-10-11-19(5,16(14)20)18(15,3)4/h12-13,15H,6-11H2,1-5H3/b14-12+/t13-,15-,19+/m1/s1. The van der Waals surface area contributed by atoms with E-state index in [-0.39, 0.29) is 28.5 Å². The van der Waals surface area contributed by atoms with Crippen LogP contribution < -0.4 is 0 Å². The molecule has 2 rings (SSSR count). The maximum atomic E-state index is 12.9. The van der Waals surface area contributed by atoms with E-state index in [0.717, 1.165) is 37.7 Å². The van der Waals surface area contributed by atoms with E-state index in [1.807, 2.05) is 13.0 Å². The lowest BCUT2D eigenvalue weighted by Gasteiger charge is -2.31. The number of ketones is 1. The average molecular weight is 306 g/mol. The molecule has 0 radical (unpaired) electrons. The molecule has 2 bridgehead atoms. The van der Waals surface area contributed by atoms with Gasteiger partial charge < -0.3 is 4.74 Å². The molecule has 2 aliphatic carbocycles. The number of esters is 1. The Morgan fingerprint density at radius 1 is 1.36 bits per heavy atom. The first-order chi connectivity index (χ1) is 10.3. The number of unbranched alkanes of at least 4 members (excludes halogenated alkanes) is 1. The van der Waals surface area contributed by atoms with Gasteiger partial charge in [-0.3, -0.25) is 9.59 Å². The minimum atomic E-state index is -0.266. The Bertz CT molecular complexity index is 489. The van der Waals surface area contributed by atoms with Crippen molar-refractivity contribution in [2.75, 3.05) is 6.61 Å². The van der Waals surface area contributed by atoms with E-state index in [1.54, 1.807) is 0 Å². The second kappa shape index (κ2) is 6.17. The van der Waals surface area contributed by atoms with Crippen LogP contribution in [0.3, 0.4) is 0 Å². The zero-order chi connectivity index (χ0) is 16.5. The minimum absolute atomic E-state index is 0.000115. The summed E-state index contributed by atoms with van der Waals surface area (Å²) in [5.74, 6) is 0.114. The predicted octanol–water partition coefficient (Wildman–Crippen LogP) is 4.31. The van der Waals surface area contributed by atoms with Crippen LogP contribution in [0.2, 0.25) is 0 Å². The van der Waals surface area contributed by atoms with Gasteiger partial charge in [0.2, 0.25) is 0 Å². The van der Waals surface area contributed by atoms with Crippen LogP contribution in [0.4, 0.5) is 0 Å². The predicted molar refractivity (Wildman–Crippen MR) is 87.4 cm³/mol. The van der Waals surface area contributed by atoms with E-state index in [2.05, 4.69) is 27.7 Å². The topological polar surface area (TPSA) is 43.4 Å². The van der Waals surface area contributed by atoms with E-state index < -0.39 is 0 Å². The Labute approximate surface area is 134 Å². The molecule has 0 unspecified atom stereocenters. The number of carbonyl (C=O) groups is 2. The molecular formula is C19H30O3. The first kappa shape index (κ1) is 17.2. The zero-order valence-corrected chi connectivity index (χ0v) is 14.7. The number of allylic oxidation sites excluding steroid dienone is 1. The molecule has 0 heterocycles. The van der Waals surface area contributed by atoms with Crippen LogP contribution in [-0.4, -0.2) is 18.4 Å². The smallest absolute Gasteiger partial charge is 0.312 e. The van der Waals surface area contributed by atoms with E-state index in [1.165, 1.54) is 0 Å². The number of carbonyl (C=O) groups excluding carboxylic acids is 2. The van der Waals surface area contributed by atoms with E-state index >= 15 is 0 Å². The van der Waals surface area contributed by atoms with Crippen molar-refractivity contribution in [2.24, 2.45) is 22.7 Å². The van der Waals surface area contributed by atoms with Crippen molar-refractivity contribution >= 4 is 11.8 Å². The lowest BCUT2D eigenvalue weighted by atomic mass is 9.70. The molecule has 2 fully saturated rings. The molecular weight excluding hydrogens is 276 g/mol. The quantitative estimate of drug-likeness (QED) is 0.542. The molecule has 22 heavy (non-hydrogen) atoms. The molecule has 0 aromatic rings. The van der Waals surface area contributed by atoms with Crippen LogP contribution in [-0.2, 0) is 14.3 Å². The van der Waals surface area contributed by atoms with Crippen LogP contribution in [0.5, 0.6) is 0 Å². The second-order valence-corrected chi connectivity index (χ2v) is 7.60. The highest BCUT2D eigenvalue weighted by Crippen LogP contribution is 2.65. The molecule has 0 amide bonds. The van der Waals surface area contributed by atoms with Crippen molar-refractivity contribution in [3.05, 3.63) is 11.6 Å². The van der Waals surface area contributed by atoms with Crippen LogP contribution in [0.25, 0.3) is 0 Å². The highest BCUT2D eigenvalue weighted by Gasteiger charge is 2.63. The third-order valence-electron chi connectivity index (χ3n) is 6.20. The van der Waals surface area contributed by atoms with Crippen LogP contribution in [0, 0.1) is 22.7 Å². The molecule has 0 aliphatic heterocycles. The van der Waals surface area contributed by atoms with Gasteiger partial charge in [-0.15, -0.1) is 0 Å². The Morgan fingerprint density at radius 3 is 2.55 bits per heavy atom. The highest BCUT2D eigenvalue weighted by atomic mass is 16.5. The lowest BCUT2D eigenvalue weighted by molar-refractivity contribution is -0.146. The monoisotopic (exact) mass is 306 g/mol. The molecule has 0 N–H and O–H groups in total. The summed E-state index contributed by atoms with van der Waals surface area (Å²) in [5, 5.41) is 0. The molecule has 2 saturated carbocycles. The number of hydrogen-bond acceptors (Lipinski definition) is 3. The van der Waals surface area contributed by atoms with Gasteiger partial charge in [0.05, 0.1) is 12.5 Å².